The third-order valence-corrected chi connectivity index (χ3v) is 3.65. The monoisotopic (exact) mass is 245 g/mol. The molecule has 1 aromatic rings. The molecule has 0 aliphatic carbocycles. The molecule has 98 valence electrons. The van der Waals surface area contributed by atoms with Gasteiger partial charge in [0.1, 0.15) is 5.84 Å². The minimum absolute atomic E-state index is 0.166. The number of nitrogens with one attached hydrogen (secondary N) is 1. The fourth-order valence-corrected chi connectivity index (χ4v) is 3.00. The van der Waals surface area contributed by atoms with Gasteiger partial charge in [-0.3, -0.25) is 5.41 Å². The summed E-state index contributed by atoms with van der Waals surface area (Å²) in [4.78, 5) is 2.38. The standard InChI is InChI=1S/C15H23N3/c1-10-4-5-14(13(7-10)15(16)17)18-8-11(2)6-12(3)9-18/h4-5,7,11-12H,6,8-9H2,1-3H3,(H3,16,17). The maximum absolute atomic E-state index is 7.74. The number of hydrogen-bond donors (Lipinski definition) is 2. The summed E-state index contributed by atoms with van der Waals surface area (Å²) in [5.41, 5.74) is 8.86. The molecule has 0 amide bonds. The molecule has 1 aliphatic heterocycles. The Morgan fingerprint density at radius 1 is 1.28 bits per heavy atom. The van der Waals surface area contributed by atoms with Crippen molar-refractivity contribution in [1.29, 1.82) is 5.41 Å². The van der Waals surface area contributed by atoms with Gasteiger partial charge in [0.2, 0.25) is 0 Å². The van der Waals surface area contributed by atoms with Gasteiger partial charge in [0, 0.05) is 24.3 Å². The molecule has 0 spiro atoms. The third-order valence-electron chi connectivity index (χ3n) is 3.65. The molecule has 1 aliphatic rings. The van der Waals surface area contributed by atoms with Crippen LogP contribution in [0.2, 0.25) is 0 Å². The smallest absolute Gasteiger partial charge is 0.124 e. The fourth-order valence-electron chi connectivity index (χ4n) is 3.00. The zero-order chi connectivity index (χ0) is 13.3. The van der Waals surface area contributed by atoms with Gasteiger partial charge in [-0.1, -0.05) is 25.5 Å². The van der Waals surface area contributed by atoms with Crippen LogP contribution in [0.1, 0.15) is 31.4 Å². The first kappa shape index (κ1) is 12.9. The molecule has 1 fully saturated rings. The van der Waals surface area contributed by atoms with E-state index in [1.165, 1.54) is 6.42 Å². The summed E-state index contributed by atoms with van der Waals surface area (Å²) < 4.78 is 0. The first-order chi connectivity index (χ1) is 8.47. The first-order valence-corrected chi connectivity index (χ1v) is 6.67. The SMILES string of the molecule is Cc1ccc(N2CC(C)CC(C)C2)c(C(=N)N)c1. The number of benzene rings is 1. The number of anilines is 1. The van der Waals surface area contributed by atoms with Crippen molar-refractivity contribution < 1.29 is 0 Å². The maximum Gasteiger partial charge on any atom is 0.124 e. The van der Waals surface area contributed by atoms with Crippen LogP contribution >= 0.6 is 0 Å². The topological polar surface area (TPSA) is 53.1 Å². The molecule has 2 rings (SSSR count). The average Bonchev–Trinajstić information content (AvgIpc) is 2.27. The molecule has 0 aromatic heterocycles. The number of piperidine rings is 1. The van der Waals surface area contributed by atoms with Crippen LogP contribution in [0.3, 0.4) is 0 Å². The number of hydrogen-bond acceptors (Lipinski definition) is 2. The van der Waals surface area contributed by atoms with E-state index >= 15 is 0 Å². The van der Waals surface area contributed by atoms with E-state index in [0.29, 0.717) is 11.8 Å². The highest BCUT2D eigenvalue weighted by Gasteiger charge is 2.23. The van der Waals surface area contributed by atoms with Gasteiger partial charge in [0.15, 0.2) is 0 Å². The van der Waals surface area contributed by atoms with Gasteiger partial charge in [-0.2, -0.15) is 0 Å². The quantitative estimate of drug-likeness (QED) is 0.622. The molecule has 18 heavy (non-hydrogen) atoms. The van der Waals surface area contributed by atoms with Crippen molar-refractivity contribution in [2.75, 3.05) is 18.0 Å². The summed E-state index contributed by atoms with van der Waals surface area (Å²) in [7, 11) is 0. The highest BCUT2D eigenvalue weighted by Crippen LogP contribution is 2.29. The lowest BCUT2D eigenvalue weighted by Crippen LogP contribution is -2.39. The van der Waals surface area contributed by atoms with Crippen molar-refractivity contribution >= 4 is 11.5 Å². The molecule has 0 saturated carbocycles. The number of rotatable bonds is 2. The number of aryl methyl sites for hydroxylation is 1. The van der Waals surface area contributed by atoms with Crippen LogP contribution in [0.5, 0.6) is 0 Å². The highest BCUT2D eigenvalue weighted by molar-refractivity contribution is 6.00. The molecule has 1 saturated heterocycles. The minimum Gasteiger partial charge on any atom is -0.384 e. The lowest BCUT2D eigenvalue weighted by Gasteiger charge is -2.37. The molecule has 3 N–H and O–H groups in total. The summed E-state index contributed by atoms with van der Waals surface area (Å²) in [6.07, 6.45) is 1.29. The van der Waals surface area contributed by atoms with Crippen molar-refractivity contribution in [3.8, 4) is 0 Å². The highest BCUT2D eigenvalue weighted by atomic mass is 15.1. The number of amidine groups is 1. The van der Waals surface area contributed by atoms with E-state index in [-0.39, 0.29) is 5.84 Å². The van der Waals surface area contributed by atoms with Crippen LogP contribution in [0.15, 0.2) is 18.2 Å². The van der Waals surface area contributed by atoms with E-state index in [1.54, 1.807) is 0 Å². The zero-order valence-corrected chi connectivity index (χ0v) is 11.5. The second kappa shape index (κ2) is 5.01. The van der Waals surface area contributed by atoms with Crippen LogP contribution in [-0.2, 0) is 0 Å². The summed E-state index contributed by atoms with van der Waals surface area (Å²) in [6.45, 7) is 8.76. The number of nitrogens with zero attached hydrogens (tertiary/aromatic N) is 1. The van der Waals surface area contributed by atoms with Crippen LogP contribution in [-0.4, -0.2) is 18.9 Å². The van der Waals surface area contributed by atoms with E-state index in [0.717, 1.165) is 29.9 Å². The van der Waals surface area contributed by atoms with Gasteiger partial charge >= 0.3 is 0 Å². The lowest BCUT2D eigenvalue weighted by molar-refractivity contribution is 0.357. The van der Waals surface area contributed by atoms with Gasteiger partial charge in [-0.25, -0.2) is 0 Å². The first-order valence-electron chi connectivity index (χ1n) is 6.67. The van der Waals surface area contributed by atoms with E-state index in [2.05, 4.69) is 30.9 Å². The van der Waals surface area contributed by atoms with Gasteiger partial charge in [-0.15, -0.1) is 0 Å². The van der Waals surface area contributed by atoms with Crippen molar-refractivity contribution in [2.24, 2.45) is 17.6 Å². The molecule has 1 aromatic carbocycles. The van der Waals surface area contributed by atoms with Crippen LogP contribution in [0.4, 0.5) is 5.69 Å². The van der Waals surface area contributed by atoms with E-state index in [9.17, 15) is 0 Å². The van der Waals surface area contributed by atoms with Crippen LogP contribution < -0.4 is 10.6 Å². The van der Waals surface area contributed by atoms with E-state index < -0.39 is 0 Å². The number of nitrogens with two attached hydrogens (primary N) is 1. The Balaban J connectivity index is 2.35. The molecular weight excluding hydrogens is 222 g/mol. The molecule has 2 atom stereocenters. The number of nitrogen functional groups attached to an aromatic ring is 1. The van der Waals surface area contributed by atoms with Crippen LogP contribution in [0, 0.1) is 24.2 Å². The Kier molecular flexibility index (Phi) is 3.60. The van der Waals surface area contributed by atoms with Crippen molar-refractivity contribution in [2.45, 2.75) is 27.2 Å². The normalized spacial score (nSPS) is 24.1. The zero-order valence-electron chi connectivity index (χ0n) is 11.5. The molecule has 0 radical (unpaired) electrons. The van der Waals surface area contributed by atoms with Gasteiger partial charge in [0.25, 0.3) is 0 Å². The minimum atomic E-state index is 0.166. The summed E-state index contributed by atoms with van der Waals surface area (Å²) in [6, 6.07) is 6.23. The molecule has 2 unspecified atom stereocenters. The van der Waals surface area contributed by atoms with Gasteiger partial charge < -0.3 is 10.6 Å². The molecule has 1 heterocycles. The summed E-state index contributed by atoms with van der Waals surface area (Å²) in [5.74, 6) is 1.57. The van der Waals surface area contributed by atoms with E-state index in [1.807, 2.05) is 13.0 Å². The molecular formula is C15H23N3. The van der Waals surface area contributed by atoms with E-state index in [4.69, 9.17) is 11.1 Å². The second-order valence-corrected chi connectivity index (χ2v) is 5.79. The van der Waals surface area contributed by atoms with Crippen molar-refractivity contribution in [1.82, 2.24) is 0 Å². The summed E-state index contributed by atoms with van der Waals surface area (Å²) in [5, 5.41) is 7.74. The van der Waals surface area contributed by atoms with Crippen LogP contribution in [0.25, 0.3) is 0 Å². The fraction of sp³-hybridized carbons (Fsp3) is 0.533. The Morgan fingerprint density at radius 2 is 1.89 bits per heavy atom. The molecule has 3 heteroatoms. The predicted molar refractivity (Wildman–Crippen MR) is 77.4 cm³/mol. The van der Waals surface area contributed by atoms with Gasteiger partial charge in [0.05, 0.1) is 0 Å². The third kappa shape index (κ3) is 2.66. The second-order valence-electron chi connectivity index (χ2n) is 5.79. The van der Waals surface area contributed by atoms with Crippen molar-refractivity contribution in [3.05, 3.63) is 29.3 Å². The lowest BCUT2D eigenvalue weighted by atomic mass is 9.91. The Bertz CT molecular complexity index is 443. The Hall–Kier alpha value is -1.51. The largest absolute Gasteiger partial charge is 0.384 e. The molecule has 0 bridgehead atoms. The average molecular weight is 245 g/mol. The Labute approximate surface area is 109 Å². The summed E-state index contributed by atoms with van der Waals surface area (Å²) >= 11 is 0. The maximum atomic E-state index is 7.74. The predicted octanol–water partition coefficient (Wildman–Crippen LogP) is 2.76. The van der Waals surface area contributed by atoms with Gasteiger partial charge in [-0.05, 0) is 37.3 Å². The van der Waals surface area contributed by atoms with Crippen molar-refractivity contribution in [3.63, 3.8) is 0 Å². The Morgan fingerprint density at radius 3 is 2.44 bits per heavy atom. The molecule has 3 nitrogen and oxygen atoms in total.